The molecule has 1 amide bonds. The van der Waals surface area contributed by atoms with Crippen LogP contribution in [0.3, 0.4) is 0 Å². The molecule has 1 saturated heterocycles. The molecule has 1 aromatic rings. The van der Waals surface area contributed by atoms with Gasteiger partial charge in [-0.15, -0.1) is 0 Å². The van der Waals surface area contributed by atoms with Gasteiger partial charge in [-0.05, 0) is 19.1 Å². The zero-order valence-corrected chi connectivity index (χ0v) is 9.77. The lowest BCUT2D eigenvalue weighted by atomic mass is 10.0. The van der Waals surface area contributed by atoms with Gasteiger partial charge in [-0.1, -0.05) is 23.7 Å². The fraction of sp³-hybridized carbons (Fsp3) is 0.273. The van der Waals surface area contributed by atoms with Crippen molar-refractivity contribution in [3.8, 4) is 0 Å². The lowest BCUT2D eigenvalue weighted by Gasteiger charge is -2.28. The highest BCUT2D eigenvalue weighted by atomic mass is 35.5. The van der Waals surface area contributed by atoms with Gasteiger partial charge in [-0.2, -0.15) is 0 Å². The van der Waals surface area contributed by atoms with Gasteiger partial charge in [-0.25, -0.2) is 9.59 Å². The monoisotopic (exact) mass is 255 g/mol. The fourth-order valence-electron chi connectivity index (χ4n) is 1.69. The number of para-hydroxylation sites is 1. The lowest BCUT2D eigenvalue weighted by molar-refractivity contribution is -0.142. The van der Waals surface area contributed by atoms with E-state index in [9.17, 15) is 14.7 Å². The molecule has 1 heterocycles. The minimum absolute atomic E-state index is 0.202. The van der Waals surface area contributed by atoms with Crippen molar-refractivity contribution in [3.63, 3.8) is 0 Å². The number of carboxylic acids is 1. The Morgan fingerprint density at radius 2 is 2.18 bits per heavy atom. The van der Waals surface area contributed by atoms with Crippen LogP contribution in [0.5, 0.6) is 0 Å². The third-order valence-electron chi connectivity index (χ3n) is 2.71. The number of ether oxygens (including phenoxy) is 1. The molecule has 6 heteroatoms. The van der Waals surface area contributed by atoms with Crippen molar-refractivity contribution >= 4 is 29.4 Å². The van der Waals surface area contributed by atoms with Gasteiger partial charge in [0, 0.05) is 0 Å². The fourth-order valence-corrected chi connectivity index (χ4v) is 1.91. The summed E-state index contributed by atoms with van der Waals surface area (Å²) in [5.41, 5.74) is -1.09. The Morgan fingerprint density at radius 3 is 2.76 bits per heavy atom. The molecule has 0 aromatic heterocycles. The van der Waals surface area contributed by atoms with Crippen molar-refractivity contribution in [1.29, 1.82) is 0 Å². The van der Waals surface area contributed by atoms with E-state index in [-0.39, 0.29) is 6.61 Å². The molecule has 17 heavy (non-hydrogen) atoms. The summed E-state index contributed by atoms with van der Waals surface area (Å²) in [6, 6.07) is 6.54. The third-order valence-corrected chi connectivity index (χ3v) is 3.03. The Hall–Kier alpha value is -1.75. The Morgan fingerprint density at radius 1 is 1.53 bits per heavy atom. The van der Waals surface area contributed by atoms with Crippen LogP contribution in [0.2, 0.25) is 5.02 Å². The second kappa shape index (κ2) is 3.92. The molecular formula is C11H10ClNO4. The summed E-state index contributed by atoms with van der Waals surface area (Å²) in [7, 11) is 0. The molecule has 0 saturated carbocycles. The minimum atomic E-state index is -1.43. The van der Waals surface area contributed by atoms with Gasteiger partial charge in [0.25, 0.3) is 0 Å². The Balaban J connectivity index is 2.52. The highest BCUT2D eigenvalue weighted by Gasteiger charge is 2.51. The van der Waals surface area contributed by atoms with E-state index in [2.05, 4.69) is 0 Å². The lowest BCUT2D eigenvalue weighted by Crippen LogP contribution is -2.51. The molecule has 1 aromatic carbocycles. The average Bonchev–Trinajstić information content (AvgIpc) is 2.58. The van der Waals surface area contributed by atoms with Crippen molar-refractivity contribution in [2.45, 2.75) is 12.5 Å². The number of benzene rings is 1. The first-order valence-corrected chi connectivity index (χ1v) is 5.29. The summed E-state index contributed by atoms with van der Waals surface area (Å²) in [4.78, 5) is 23.9. The molecule has 0 spiro atoms. The Bertz CT molecular complexity index is 490. The summed E-state index contributed by atoms with van der Waals surface area (Å²) in [6.45, 7) is 1.22. The van der Waals surface area contributed by atoms with Gasteiger partial charge in [0.05, 0.1) is 10.7 Å². The van der Waals surface area contributed by atoms with E-state index in [0.29, 0.717) is 10.7 Å². The van der Waals surface area contributed by atoms with E-state index in [1.54, 1.807) is 24.3 Å². The third kappa shape index (κ3) is 1.72. The highest BCUT2D eigenvalue weighted by Crippen LogP contribution is 2.35. The van der Waals surface area contributed by atoms with Crippen molar-refractivity contribution < 1.29 is 19.4 Å². The zero-order chi connectivity index (χ0) is 12.6. The van der Waals surface area contributed by atoms with Gasteiger partial charge in [0.1, 0.15) is 6.61 Å². The summed E-state index contributed by atoms with van der Waals surface area (Å²) in [5, 5.41) is 9.50. The molecule has 1 atom stereocenters. The van der Waals surface area contributed by atoms with E-state index >= 15 is 0 Å². The molecule has 1 aliphatic rings. The number of amides is 1. The molecule has 0 radical (unpaired) electrons. The van der Waals surface area contributed by atoms with Gasteiger partial charge in [-0.3, -0.25) is 4.90 Å². The van der Waals surface area contributed by atoms with Crippen molar-refractivity contribution in [2.24, 2.45) is 0 Å². The predicted octanol–water partition coefficient (Wildman–Crippen LogP) is 2.14. The molecule has 1 fully saturated rings. The van der Waals surface area contributed by atoms with Crippen LogP contribution < -0.4 is 4.90 Å². The smallest absolute Gasteiger partial charge is 0.415 e. The standard InChI is InChI=1S/C11H10ClNO4/c1-11(9(14)15)6-17-10(16)13(11)8-5-3-2-4-7(8)12/h2-5H,6H2,1H3,(H,14,15). The average molecular weight is 256 g/mol. The molecule has 5 nitrogen and oxygen atoms in total. The first-order valence-electron chi connectivity index (χ1n) is 4.92. The normalized spacial score (nSPS) is 23.6. The van der Waals surface area contributed by atoms with Crippen LogP contribution in [-0.2, 0) is 9.53 Å². The molecule has 0 bridgehead atoms. The van der Waals surface area contributed by atoms with Gasteiger partial charge in [0.15, 0.2) is 5.54 Å². The zero-order valence-electron chi connectivity index (χ0n) is 9.01. The van der Waals surface area contributed by atoms with Crippen LogP contribution in [0.4, 0.5) is 10.5 Å². The maximum absolute atomic E-state index is 11.6. The van der Waals surface area contributed by atoms with Crippen molar-refractivity contribution in [1.82, 2.24) is 0 Å². The van der Waals surface area contributed by atoms with Crippen molar-refractivity contribution in [3.05, 3.63) is 29.3 Å². The van der Waals surface area contributed by atoms with Crippen LogP contribution in [0.1, 0.15) is 6.92 Å². The van der Waals surface area contributed by atoms with E-state index in [4.69, 9.17) is 16.3 Å². The minimum Gasteiger partial charge on any atom is -0.479 e. The van der Waals surface area contributed by atoms with E-state index in [1.165, 1.54) is 6.92 Å². The molecule has 1 aliphatic heterocycles. The number of cyclic esters (lactones) is 1. The van der Waals surface area contributed by atoms with E-state index in [1.807, 2.05) is 0 Å². The molecule has 90 valence electrons. The summed E-state index contributed by atoms with van der Waals surface area (Å²) in [6.07, 6.45) is -0.706. The van der Waals surface area contributed by atoms with Crippen LogP contribution >= 0.6 is 11.6 Å². The first-order chi connectivity index (χ1) is 7.97. The predicted molar refractivity (Wildman–Crippen MR) is 61.3 cm³/mol. The van der Waals surface area contributed by atoms with Crippen LogP contribution in [-0.4, -0.2) is 29.3 Å². The maximum atomic E-state index is 11.6. The van der Waals surface area contributed by atoms with Crippen LogP contribution in [0.15, 0.2) is 24.3 Å². The highest BCUT2D eigenvalue weighted by molar-refractivity contribution is 6.34. The molecule has 1 unspecified atom stereocenters. The molecule has 0 aliphatic carbocycles. The number of hydrogen-bond donors (Lipinski definition) is 1. The quantitative estimate of drug-likeness (QED) is 0.879. The Labute approximate surface area is 103 Å². The largest absolute Gasteiger partial charge is 0.479 e. The summed E-state index contributed by atoms with van der Waals surface area (Å²) in [5.74, 6) is -1.14. The van der Waals surface area contributed by atoms with Crippen LogP contribution in [0, 0.1) is 0 Å². The van der Waals surface area contributed by atoms with Crippen molar-refractivity contribution in [2.75, 3.05) is 11.5 Å². The maximum Gasteiger partial charge on any atom is 0.415 e. The second-order valence-corrected chi connectivity index (χ2v) is 4.33. The van der Waals surface area contributed by atoms with Crippen LogP contribution in [0.25, 0.3) is 0 Å². The first kappa shape index (κ1) is 11.7. The number of carbonyl (C=O) groups is 2. The SMILES string of the molecule is CC1(C(=O)O)COC(=O)N1c1ccccc1Cl. The number of rotatable bonds is 2. The number of anilines is 1. The number of carbonyl (C=O) groups excluding carboxylic acids is 1. The summed E-state index contributed by atoms with van der Waals surface area (Å²) < 4.78 is 4.80. The van der Waals surface area contributed by atoms with E-state index in [0.717, 1.165) is 4.90 Å². The van der Waals surface area contributed by atoms with E-state index < -0.39 is 17.6 Å². The number of nitrogens with zero attached hydrogens (tertiary/aromatic N) is 1. The van der Waals surface area contributed by atoms with Gasteiger partial charge in [0.2, 0.25) is 0 Å². The molecular weight excluding hydrogens is 246 g/mol. The number of halogens is 1. The number of carboxylic acid groups (broad SMARTS) is 1. The van der Waals surface area contributed by atoms with Gasteiger partial charge >= 0.3 is 12.1 Å². The molecule has 2 rings (SSSR count). The molecule has 1 N–H and O–H groups in total. The number of hydrogen-bond acceptors (Lipinski definition) is 3. The Kier molecular flexibility index (Phi) is 2.71. The summed E-state index contributed by atoms with van der Waals surface area (Å²) >= 11 is 5.96. The topological polar surface area (TPSA) is 66.8 Å². The van der Waals surface area contributed by atoms with Gasteiger partial charge < -0.3 is 9.84 Å². The number of aliphatic carboxylic acids is 1. The second-order valence-electron chi connectivity index (χ2n) is 3.92.